The van der Waals surface area contributed by atoms with Crippen LogP contribution in [-0.2, 0) is 6.42 Å². The van der Waals surface area contributed by atoms with Gasteiger partial charge in [0.2, 0.25) is 0 Å². The lowest BCUT2D eigenvalue weighted by Gasteiger charge is -2.22. The summed E-state index contributed by atoms with van der Waals surface area (Å²) in [5.74, 6) is 1.42. The molecule has 2 rings (SSSR count). The van der Waals surface area contributed by atoms with E-state index in [9.17, 15) is 4.79 Å². The van der Waals surface area contributed by atoms with Crippen LogP contribution in [0.25, 0.3) is 0 Å². The molecule has 0 saturated carbocycles. The third-order valence-electron chi connectivity index (χ3n) is 3.70. The van der Waals surface area contributed by atoms with Crippen LogP contribution < -0.4 is 4.74 Å². The van der Waals surface area contributed by atoms with E-state index in [4.69, 9.17) is 4.74 Å². The third-order valence-corrected chi connectivity index (χ3v) is 3.70. The summed E-state index contributed by atoms with van der Waals surface area (Å²) >= 11 is 0. The topological polar surface area (TPSA) is 26.3 Å². The van der Waals surface area contributed by atoms with Gasteiger partial charge in [-0.3, -0.25) is 4.79 Å². The van der Waals surface area contributed by atoms with Crippen molar-refractivity contribution in [3.05, 3.63) is 65.2 Å². The number of hydrogen-bond donors (Lipinski definition) is 0. The van der Waals surface area contributed by atoms with Crippen LogP contribution in [0.4, 0.5) is 0 Å². The van der Waals surface area contributed by atoms with Gasteiger partial charge in [-0.2, -0.15) is 0 Å². The van der Waals surface area contributed by atoms with Gasteiger partial charge in [0.15, 0.2) is 0 Å². The number of rotatable bonds is 7. The minimum atomic E-state index is 0.0389. The van der Waals surface area contributed by atoms with Crippen molar-refractivity contribution in [2.24, 2.45) is 5.92 Å². The summed E-state index contributed by atoms with van der Waals surface area (Å²) in [6.45, 7) is 6.60. The third kappa shape index (κ3) is 4.20. The maximum Gasteiger partial charge on any atom is 0.150 e. The molecular formula is C20H24O2. The van der Waals surface area contributed by atoms with E-state index >= 15 is 0 Å². The number of carbonyl (C=O) groups excluding carboxylic acids is 1. The molecule has 0 radical (unpaired) electrons. The van der Waals surface area contributed by atoms with Crippen molar-refractivity contribution in [1.29, 1.82) is 0 Å². The lowest BCUT2D eigenvalue weighted by Crippen LogP contribution is -2.10. The summed E-state index contributed by atoms with van der Waals surface area (Å²) < 4.78 is 6.16. The molecule has 2 aromatic carbocycles. The lowest BCUT2D eigenvalue weighted by atomic mass is 9.94. The average Bonchev–Trinajstić information content (AvgIpc) is 2.53. The fraction of sp³-hybridized carbons (Fsp3) is 0.350. The first-order chi connectivity index (χ1) is 10.6. The zero-order valence-corrected chi connectivity index (χ0v) is 13.6. The van der Waals surface area contributed by atoms with Crippen molar-refractivity contribution in [1.82, 2.24) is 0 Å². The second-order valence-electron chi connectivity index (χ2n) is 6.00. The molecule has 0 heterocycles. The van der Waals surface area contributed by atoms with E-state index in [1.54, 1.807) is 12.1 Å². The molecule has 1 unspecified atom stereocenters. The van der Waals surface area contributed by atoms with Crippen molar-refractivity contribution in [3.8, 4) is 5.75 Å². The highest BCUT2D eigenvalue weighted by Crippen LogP contribution is 2.28. The number of benzene rings is 2. The highest BCUT2D eigenvalue weighted by atomic mass is 16.5. The Morgan fingerprint density at radius 1 is 1.05 bits per heavy atom. The molecule has 2 nitrogen and oxygen atoms in total. The van der Waals surface area contributed by atoms with Gasteiger partial charge in [0.25, 0.3) is 0 Å². The van der Waals surface area contributed by atoms with Crippen LogP contribution in [0.5, 0.6) is 5.75 Å². The molecule has 2 heteroatoms. The minimum Gasteiger partial charge on any atom is -0.486 e. The summed E-state index contributed by atoms with van der Waals surface area (Å²) in [4.78, 5) is 10.7. The zero-order chi connectivity index (χ0) is 15.9. The lowest BCUT2D eigenvalue weighted by molar-refractivity contribution is 0.112. The first-order valence-electron chi connectivity index (χ1n) is 7.93. The minimum absolute atomic E-state index is 0.0389. The number of ether oxygens (including phenoxy) is 1. The summed E-state index contributed by atoms with van der Waals surface area (Å²) in [7, 11) is 0. The normalized spacial score (nSPS) is 12.2. The van der Waals surface area contributed by atoms with Gasteiger partial charge in [-0.1, -0.05) is 45.0 Å². The Bertz CT molecular complexity index is 599. The molecule has 0 bridgehead atoms. The van der Waals surface area contributed by atoms with Crippen LogP contribution in [0.15, 0.2) is 48.5 Å². The molecule has 2 aromatic rings. The van der Waals surface area contributed by atoms with Crippen LogP contribution in [-0.4, -0.2) is 6.29 Å². The quantitative estimate of drug-likeness (QED) is 0.654. The molecule has 0 aromatic heterocycles. The van der Waals surface area contributed by atoms with Crippen LogP contribution in [0.3, 0.4) is 0 Å². The first-order valence-corrected chi connectivity index (χ1v) is 7.93. The van der Waals surface area contributed by atoms with Gasteiger partial charge in [0, 0.05) is 5.56 Å². The summed E-state index contributed by atoms with van der Waals surface area (Å²) in [5.41, 5.74) is 3.28. The Kier molecular flexibility index (Phi) is 5.76. The SMILES string of the molecule is CCC(Oc1ccc(C=O)cc1)c1ccccc1CC(C)C. The molecule has 0 aliphatic rings. The van der Waals surface area contributed by atoms with Crippen LogP contribution in [0.1, 0.15) is 54.8 Å². The van der Waals surface area contributed by atoms with Crippen molar-refractivity contribution >= 4 is 6.29 Å². The van der Waals surface area contributed by atoms with E-state index in [1.165, 1.54) is 11.1 Å². The van der Waals surface area contributed by atoms with Crippen molar-refractivity contribution in [2.45, 2.75) is 39.7 Å². The van der Waals surface area contributed by atoms with Crippen LogP contribution >= 0.6 is 0 Å². The average molecular weight is 296 g/mol. The predicted octanol–water partition coefficient (Wildman–Crippen LogP) is 5.23. The second kappa shape index (κ2) is 7.79. The fourth-order valence-electron chi connectivity index (χ4n) is 2.63. The van der Waals surface area contributed by atoms with E-state index in [-0.39, 0.29) is 6.10 Å². The predicted molar refractivity (Wildman–Crippen MR) is 90.5 cm³/mol. The van der Waals surface area contributed by atoms with E-state index in [1.807, 2.05) is 12.1 Å². The van der Waals surface area contributed by atoms with Gasteiger partial charge in [-0.25, -0.2) is 0 Å². The molecule has 0 N–H and O–H groups in total. The monoisotopic (exact) mass is 296 g/mol. The summed E-state index contributed by atoms with van der Waals surface area (Å²) in [6.07, 6.45) is 2.85. The van der Waals surface area contributed by atoms with Gasteiger partial charge < -0.3 is 4.74 Å². The first kappa shape index (κ1) is 16.3. The Morgan fingerprint density at radius 2 is 1.73 bits per heavy atom. The largest absolute Gasteiger partial charge is 0.486 e. The Balaban J connectivity index is 2.22. The fourth-order valence-corrected chi connectivity index (χ4v) is 2.63. The number of aldehydes is 1. The van der Waals surface area contributed by atoms with Gasteiger partial charge in [0.1, 0.15) is 18.1 Å². The summed E-state index contributed by atoms with van der Waals surface area (Å²) in [6, 6.07) is 15.8. The Labute approximate surface area is 133 Å². The van der Waals surface area contributed by atoms with E-state index in [0.29, 0.717) is 11.5 Å². The van der Waals surface area contributed by atoms with Crippen LogP contribution in [0, 0.1) is 5.92 Å². The highest BCUT2D eigenvalue weighted by Gasteiger charge is 2.15. The molecule has 0 saturated heterocycles. The molecule has 0 fully saturated rings. The van der Waals surface area contributed by atoms with Crippen molar-refractivity contribution in [3.63, 3.8) is 0 Å². The molecule has 1 atom stereocenters. The number of carbonyl (C=O) groups is 1. The second-order valence-corrected chi connectivity index (χ2v) is 6.00. The maximum atomic E-state index is 10.7. The molecule has 0 amide bonds. The Morgan fingerprint density at radius 3 is 2.32 bits per heavy atom. The maximum absolute atomic E-state index is 10.7. The van der Waals surface area contributed by atoms with Gasteiger partial charge >= 0.3 is 0 Å². The van der Waals surface area contributed by atoms with E-state index in [0.717, 1.165) is 24.9 Å². The van der Waals surface area contributed by atoms with Gasteiger partial charge in [-0.15, -0.1) is 0 Å². The van der Waals surface area contributed by atoms with Crippen molar-refractivity contribution < 1.29 is 9.53 Å². The van der Waals surface area contributed by atoms with Gasteiger partial charge in [0.05, 0.1) is 0 Å². The highest BCUT2D eigenvalue weighted by molar-refractivity contribution is 5.74. The van der Waals surface area contributed by atoms with Crippen molar-refractivity contribution in [2.75, 3.05) is 0 Å². The smallest absolute Gasteiger partial charge is 0.150 e. The molecule has 0 aliphatic carbocycles. The molecule has 0 aliphatic heterocycles. The summed E-state index contributed by atoms with van der Waals surface area (Å²) in [5, 5.41) is 0. The molecular weight excluding hydrogens is 272 g/mol. The van der Waals surface area contributed by atoms with Gasteiger partial charge in [-0.05, 0) is 54.2 Å². The van der Waals surface area contributed by atoms with E-state index in [2.05, 4.69) is 45.0 Å². The zero-order valence-electron chi connectivity index (χ0n) is 13.6. The van der Waals surface area contributed by atoms with Crippen LogP contribution in [0.2, 0.25) is 0 Å². The van der Waals surface area contributed by atoms with E-state index < -0.39 is 0 Å². The molecule has 0 spiro atoms. The number of hydrogen-bond acceptors (Lipinski definition) is 2. The standard InChI is InChI=1S/C20H24O2/c1-4-20(22-18-11-9-16(14-21)10-12-18)19-8-6-5-7-17(19)13-15(2)3/h5-12,14-15,20H,4,13H2,1-3H3. The Hall–Kier alpha value is -2.09. The molecule has 22 heavy (non-hydrogen) atoms. The molecule has 116 valence electrons.